The van der Waals surface area contributed by atoms with E-state index >= 15 is 0 Å². The van der Waals surface area contributed by atoms with Crippen molar-refractivity contribution < 1.29 is 9.53 Å². The second-order valence-electron chi connectivity index (χ2n) is 3.91. The van der Waals surface area contributed by atoms with E-state index in [1.54, 1.807) is 0 Å². The fraction of sp³-hybridized carbons (Fsp3) is 0.188. The molecule has 0 N–H and O–H groups in total. The molecule has 0 radical (unpaired) electrons. The van der Waals surface area contributed by atoms with Crippen LogP contribution in [0.3, 0.4) is 0 Å². The maximum Gasteiger partial charge on any atom is 0.303 e. The number of carbonyl (C=O) groups is 1. The average Bonchev–Trinajstić information content (AvgIpc) is 2.47. The lowest BCUT2D eigenvalue weighted by atomic mass is 10.0. The van der Waals surface area contributed by atoms with E-state index in [0.29, 0.717) is 0 Å². The first-order valence-electron chi connectivity index (χ1n) is 6.08. The highest BCUT2D eigenvalue weighted by molar-refractivity contribution is 6.40. The fourth-order valence-corrected chi connectivity index (χ4v) is 1.75. The summed E-state index contributed by atoms with van der Waals surface area (Å²) in [5, 5.41) is 0.194. The van der Waals surface area contributed by atoms with Crippen LogP contribution in [0.25, 0.3) is 0 Å². The Morgan fingerprint density at radius 3 is 1.60 bits per heavy atom. The minimum absolute atomic E-state index is 0.194. The van der Waals surface area contributed by atoms with Crippen molar-refractivity contribution in [3.63, 3.8) is 0 Å². The third-order valence-corrected chi connectivity index (χ3v) is 2.49. The second kappa shape index (κ2) is 9.40. The molecule has 0 bridgehead atoms. The van der Waals surface area contributed by atoms with Gasteiger partial charge >= 0.3 is 5.97 Å². The van der Waals surface area contributed by atoms with Gasteiger partial charge in [-0.3, -0.25) is 4.79 Å². The SMILES string of the molecule is CC(=O)OC(c1ccccc1)c1ccccc1.ClCCl. The molecule has 0 aliphatic carbocycles. The van der Waals surface area contributed by atoms with Crippen LogP contribution in [0.4, 0.5) is 0 Å². The van der Waals surface area contributed by atoms with Gasteiger partial charge in [-0.1, -0.05) is 60.7 Å². The van der Waals surface area contributed by atoms with Crippen LogP contribution in [0.15, 0.2) is 60.7 Å². The van der Waals surface area contributed by atoms with Crippen LogP contribution in [0.1, 0.15) is 24.2 Å². The first-order valence-corrected chi connectivity index (χ1v) is 7.15. The largest absolute Gasteiger partial charge is 0.453 e. The molecule has 20 heavy (non-hydrogen) atoms. The predicted molar refractivity (Wildman–Crippen MR) is 83.1 cm³/mol. The van der Waals surface area contributed by atoms with E-state index in [1.165, 1.54) is 6.92 Å². The summed E-state index contributed by atoms with van der Waals surface area (Å²) in [5.41, 5.74) is 1.96. The molecule has 0 unspecified atom stereocenters. The molecule has 0 heterocycles. The summed E-state index contributed by atoms with van der Waals surface area (Å²) >= 11 is 9.53. The zero-order valence-corrected chi connectivity index (χ0v) is 12.6. The Bertz CT molecular complexity index is 461. The highest BCUT2D eigenvalue weighted by Crippen LogP contribution is 2.25. The van der Waals surface area contributed by atoms with Gasteiger partial charge in [0.2, 0.25) is 0 Å². The summed E-state index contributed by atoms with van der Waals surface area (Å²) in [6, 6.07) is 19.5. The van der Waals surface area contributed by atoms with Crippen molar-refractivity contribution in [1.29, 1.82) is 0 Å². The zero-order valence-electron chi connectivity index (χ0n) is 11.1. The molecular weight excluding hydrogens is 295 g/mol. The lowest BCUT2D eigenvalue weighted by Crippen LogP contribution is -2.09. The molecule has 0 amide bonds. The number of rotatable bonds is 3. The summed E-state index contributed by atoms with van der Waals surface area (Å²) in [4.78, 5) is 11.2. The number of ether oxygens (including phenoxy) is 1. The predicted octanol–water partition coefficient (Wildman–Crippen LogP) is 4.76. The first kappa shape index (κ1) is 16.5. The van der Waals surface area contributed by atoms with Crippen LogP contribution < -0.4 is 0 Å². The molecule has 2 aromatic carbocycles. The monoisotopic (exact) mass is 310 g/mol. The van der Waals surface area contributed by atoms with E-state index in [1.807, 2.05) is 60.7 Å². The Hall–Kier alpha value is -1.51. The van der Waals surface area contributed by atoms with Crippen LogP contribution in [-0.4, -0.2) is 11.3 Å². The van der Waals surface area contributed by atoms with E-state index < -0.39 is 0 Å². The van der Waals surface area contributed by atoms with Gasteiger partial charge in [0, 0.05) is 6.92 Å². The fourth-order valence-electron chi connectivity index (χ4n) is 1.75. The standard InChI is InChI=1S/C15H14O2.CH2Cl2/c1-12(16)17-15(13-8-4-2-5-9-13)14-10-6-3-7-11-14;2-1-3/h2-11,15H,1H3;1H2. The number of benzene rings is 2. The summed E-state index contributed by atoms with van der Waals surface area (Å²) in [7, 11) is 0. The maximum absolute atomic E-state index is 11.2. The van der Waals surface area contributed by atoms with E-state index in [2.05, 4.69) is 0 Å². The van der Waals surface area contributed by atoms with E-state index in [9.17, 15) is 4.79 Å². The summed E-state index contributed by atoms with van der Waals surface area (Å²) in [5.74, 6) is -0.275. The van der Waals surface area contributed by atoms with Crippen molar-refractivity contribution in [3.8, 4) is 0 Å². The lowest BCUT2D eigenvalue weighted by molar-refractivity contribution is -0.144. The smallest absolute Gasteiger partial charge is 0.303 e. The number of hydrogen-bond acceptors (Lipinski definition) is 2. The van der Waals surface area contributed by atoms with Gasteiger partial charge in [0.25, 0.3) is 0 Å². The first-order chi connectivity index (χ1) is 9.69. The minimum atomic E-state index is -0.324. The van der Waals surface area contributed by atoms with Gasteiger partial charge in [-0.05, 0) is 11.1 Å². The Morgan fingerprint density at radius 2 is 1.30 bits per heavy atom. The Kier molecular flexibility index (Phi) is 7.78. The molecule has 0 aliphatic heterocycles. The molecule has 4 heteroatoms. The van der Waals surface area contributed by atoms with Crippen LogP contribution in [-0.2, 0) is 9.53 Å². The zero-order chi connectivity index (χ0) is 14.8. The molecule has 2 rings (SSSR count). The summed E-state index contributed by atoms with van der Waals surface area (Å²) < 4.78 is 5.38. The van der Waals surface area contributed by atoms with Gasteiger partial charge in [0.15, 0.2) is 6.10 Å². The average molecular weight is 311 g/mol. The molecule has 2 aromatic rings. The number of alkyl halides is 2. The normalized spacial score (nSPS) is 9.60. The molecule has 0 fully saturated rings. The van der Waals surface area contributed by atoms with Gasteiger partial charge in [-0.15, -0.1) is 23.2 Å². The second-order valence-corrected chi connectivity index (χ2v) is 4.72. The molecule has 0 aliphatic rings. The topological polar surface area (TPSA) is 26.3 Å². The minimum Gasteiger partial charge on any atom is -0.453 e. The van der Waals surface area contributed by atoms with Crippen molar-refractivity contribution in [2.45, 2.75) is 13.0 Å². The van der Waals surface area contributed by atoms with E-state index in [4.69, 9.17) is 27.9 Å². The van der Waals surface area contributed by atoms with Crippen LogP contribution in [0.5, 0.6) is 0 Å². The van der Waals surface area contributed by atoms with E-state index in [-0.39, 0.29) is 17.4 Å². The molecule has 2 nitrogen and oxygen atoms in total. The number of carbonyl (C=O) groups excluding carboxylic acids is 1. The van der Waals surface area contributed by atoms with Crippen LogP contribution in [0.2, 0.25) is 0 Å². The van der Waals surface area contributed by atoms with Crippen molar-refractivity contribution in [1.82, 2.24) is 0 Å². The molecule has 0 atom stereocenters. The Balaban J connectivity index is 0.000000612. The maximum atomic E-state index is 11.2. The van der Waals surface area contributed by atoms with Gasteiger partial charge < -0.3 is 4.74 Å². The van der Waals surface area contributed by atoms with E-state index in [0.717, 1.165) is 11.1 Å². The van der Waals surface area contributed by atoms with Crippen LogP contribution >= 0.6 is 23.2 Å². The Morgan fingerprint density at radius 1 is 0.950 bits per heavy atom. The molecule has 0 saturated carbocycles. The molecule has 106 valence electrons. The van der Waals surface area contributed by atoms with Crippen molar-refractivity contribution in [3.05, 3.63) is 71.8 Å². The summed E-state index contributed by atoms with van der Waals surface area (Å²) in [6.45, 7) is 1.43. The quantitative estimate of drug-likeness (QED) is 0.603. The Labute approximate surface area is 129 Å². The van der Waals surface area contributed by atoms with Crippen molar-refractivity contribution in [2.75, 3.05) is 5.34 Å². The summed E-state index contributed by atoms with van der Waals surface area (Å²) in [6.07, 6.45) is -0.324. The van der Waals surface area contributed by atoms with Crippen molar-refractivity contribution >= 4 is 29.2 Å². The number of hydrogen-bond donors (Lipinski definition) is 0. The third kappa shape index (κ3) is 5.64. The highest BCUT2D eigenvalue weighted by atomic mass is 35.5. The lowest BCUT2D eigenvalue weighted by Gasteiger charge is -2.17. The van der Waals surface area contributed by atoms with Gasteiger partial charge in [0.1, 0.15) is 0 Å². The molecule has 0 aromatic heterocycles. The van der Waals surface area contributed by atoms with Gasteiger partial charge in [0.05, 0.1) is 5.34 Å². The molecular formula is C16H16Cl2O2. The van der Waals surface area contributed by atoms with Crippen molar-refractivity contribution in [2.24, 2.45) is 0 Å². The van der Waals surface area contributed by atoms with Gasteiger partial charge in [-0.25, -0.2) is 0 Å². The highest BCUT2D eigenvalue weighted by Gasteiger charge is 2.16. The van der Waals surface area contributed by atoms with Gasteiger partial charge in [-0.2, -0.15) is 0 Å². The molecule has 0 saturated heterocycles. The number of esters is 1. The third-order valence-electron chi connectivity index (χ3n) is 2.49. The molecule has 0 spiro atoms. The van der Waals surface area contributed by atoms with Crippen LogP contribution in [0, 0.1) is 0 Å². The number of halogens is 2.